The highest BCUT2D eigenvalue weighted by atomic mass is 19.1. The summed E-state index contributed by atoms with van der Waals surface area (Å²) in [6.45, 7) is 2.68. The molecule has 18 heavy (non-hydrogen) atoms. The molecule has 1 saturated heterocycles. The largest absolute Gasteiger partial charge is 0.334 e. The minimum Gasteiger partial charge on any atom is -0.334 e. The Kier molecular flexibility index (Phi) is 2.83. The lowest BCUT2D eigenvalue weighted by Crippen LogP contribution is -2.14. The Morgan fingerprint density at radius 1 is 1.44 bits per heavy atom. The van der Waals surface area contributed by atoms with Gasteiger partial charge in [-0.2, -0.15) is 4.98 Å². The van der Waals surface area contributed by atoms with Gasteiger partial charge in [-0.1, -0.05) is 17.3 Å². The van der Waals surface area contributed by atoms with Gasteiger partial charge in [-0.25, -0.2) is 4.39 Å². The fraction of sp³-hybridized carbons (Fsp3) is 0.385. The highest BCUT2D eigenvalue weighted by Gasteiger charge is 2.23. The molecule has 1 unspecified atom stereocenters. The molecule has 0 amide bonds. The zero-order valence-electron chi connectivity index (χ0n) is 10.1. The van der Waals surface area contributed by atoms with E-state index in [1.807, 2.05) is 0 Å². The fourth-order valence-electron chi connectivity index (χ4n) is 2.20. The number of hydrogen-bond acceptors (Lipinski definition) is 4. The van der Waals surface area contributed by atoms with Crippen molar-refractivity contribution in [2.45, 2.75) is 25.8 Å². The number of rotatable bonds is 2. The summed E-state index contributed by atoms with van der Waals surface area (Å²) in [4.78, 5) is 4.28. The molecule has 1 aliphatic heterocycles. The third-order valence-corrected chi connectivity index (χ3v) is 3.24. The Morgan fingerprint density at radius 2 is 2.33 bits per heavy atom. The van der Waals surface area contributed by atoms with Gasteiger partial charge in [0.05, 0.1) is 11.6 Å². The Labute approximate surface area is 104 Å². The van der Waals surface area contributed by atoms with Crippen molar-refractivity contribution in [3.63, 3.8) is 0 Å². The number of benzene rings is 1. The standard InChI is InChI=1S/C13H14FN3O/c1-8-4-2-5-9(11(8)14)13-16-12(17-18-13)10-6-3-7-15-10/h2,4-5,10,15H,3,6-7H2,1H3. The average molecular weight is 247 g/mol. The van der Waals surface area contributed by atoms with Crippen LogP contribution in [0.15, 0.2) is 22.7 Å². The van der Waals surface area contributed by atoms with Gasteiger partial charge in [0.25, 0.3) is 5.89 Å². The van der Waals surface area contributed by atoms with Crippen LogP contribution in [-0.2, 0) is 0 Å². The number of aromatic nitrogens is 2. The first-order valence-electron chi connectivity index (χ1n) is 6.08. The van der Waals surface area contributed by atoms with Crippen LogP contribution in [0, 0.1) is 12.7 Å². The predicted octanol–water partition coefficient (Wildman–Crippen LogP) is 2.61. The lowest BCUT2D eigenvalue weighted by molar-refractivity contribution is 0.410. The molecule has 2 heterocycles. The summed E-state index contributed by atoms with van der Waals surface area (Å²) < 4.78 is 19.1. The maximum Gasteiger partial charge on any atom is 0.260 e. The van der Waals surface area contributed by atoms with Crippen LogP contribution in [0.3, 0.4) is 0 Å². The minimum atomic E-state index is -0.299. The van der Waals surface area contributed by atoms with Crippen LogP contribution in [0.1, 0.15) is 30.3 Å². The van der Waals surface area contributed by atoms with E-state index in [0.29, 0.717) is 17.0 Å². The normalized spacial score (nSPS) is 19.3. The first kappa shape index (κ1) is 11.3. The molecule has 0 aliphatic carbocycles. The number of hydrogen-bond donors (Lipinski definition) is 1. The number of aryl methyl sites for hydroxylation is 1. The zero-order chi connectivity index (χ0) is 12.5. The summed E-state index contributed by atoms with van der Waals surface area (Å²) in [6, 6.07) is 5.29. The fourth-order valence-corrected chi connectivity index (χ4v) is 2.20. The third-order valence-electron chi connectivity index (χ3n) is 3.24. The van der Waals surface area contributed by atoms with E-state index in [2.05, 4.69) is 15.5 Å². The molecule has 0 saturated carbocycles. The molecule has 1 aliphatic rings. The second-order valence-electron chi connectivity index (χ2n) is 4.54. The summed E-state index contributed by atoms with van der Waals surface area (Å²) in [5.74, 6) is 0.565. The lowest BCUT2D eigenvalue weighted by atomic mass is 10.1. The Bertz CT molecular complexity index is 561. The number of nitrogens with zero attached hydrogens (tertiary/aromatic N) is 2. The van der Waals surface area contributed by atoms with Crippen LogP contribution in [0.25, 0.3) is 11.5 Å². The molecule has 4 nitrogen and oxygen atoms in total. The first-order chi connectivity index (χ1) is 8.75. The van der Waals surface area contributed by atoms with Crippen molar-refractivity contribution in [1.29, 1.82) is 0 Å². The summed E-state index contributed by atoms with van der Waals surface area (Å²) in [6.07, 6.45) is 2.10. The van der Waals surface area contributed by atoms with Crippen molar-refractivity contribution in [3.05, 3.63) is 35.4 Å². The van der Waals surface area contributed by atoms with Gasteiger partial charge >= 0.3 is 0 Å². The highest BCUT2D eigenvalue weighted by molar-refractivity contribution is 5.55. The quantitative estimate of drug-likeness (QED) is 0.886. The van der Waals surface area contributed by atoms with Gasteiger partial charge in [0.15, 0.2) is 5.82 Å². The molecule has 3 rings (SSSR count). The van der Waals surface area contributed by atoms with Crippen LogP contribution in [0.4, 0.5) is 4.39 Å². The van der Waals surface area contributed by atoms with Crippen molar-refractivity contribution < 1.29 is 8.91 Å². The highest BCUT2D eigenvalue weighted by Crippen LogP contribution is 2.26. The van der Waals surface area contributed by atoms with Gasteiger partial charge in [-0.3, -0.25) is 0 Å². The molecule has 1 N–H and O–H groups in total. The average Bonchev–Trinajstić information content (AvgIpc) is 3.01. The van der Waals surface area contributed by atoms with Crippen LogP contribution < -0.4 is 5.32 Å². The van der Waals surface area contributed by atoms with Gasteiger partial charge in [0.2, 0.25) is 0 Å². The van der Waals surface area contributed by atoms with Gasteiger partial charge < -0.3 is 9.84 Å². The van der Waals surface area contributed by atoms with Gasteiger partial charge in [-0.05, 0) is 37.9 Å². The molecule has 0 radical (unpaired) electrons. The van der Waals surface area contributed by atoms with Gasteiger partial charge in [-0.15, -0.1) is 0 Å². The van der Waals surface area contributed by atoms with Crippen LogP contribution in [0.2, 0.25) is 0 Å². The monoisotopic (exact) mass is 247 g/mol. The molecule has 0 spiro atoms. The molecular formula is C13H14FN3O. The van der Waals surface area contributed by atoms with Crippen molar-refractivity contribution in [3.8, 4) is 11.5 Å². The van der Waals surface area contributed by atoms with Crippen molar-refractivity contribution in [1.82, 2.24) is 15.5 Å². The summed E-state index contributed by atoms with van der Waals surface area (Å²) in [5, 5.41) is 7.21. The summed E-state index contributed by atoms with van der Waals surface area (Å²) in [5.41, 5.74) is 0.943. The molecule has 0 bridgehead atoms. The SMILES string of the molecule is Cc1cccc(-c2nc(C3CCCN3)no2)c1F. The van der Waals surface area contributed by atoms with E-state index in [1.54, 1.807) is 25.1 Å². The maximum absolute atomic E-state index is 13.9. The van der Waals surface area contributed by atoms with E-state index in [9.17, 15) is 4.39 Å². The minimum absolute atomic E-state index is 0.135. The molecule has 1 aromatic heterocycles. The number of halogens is 1. The van der Waals surface area contributed by atoms with E-state index < -0.39 is 0 Å². The van der Waals surface area contributed by atoms with Crippen molar-refractivity contribution in [2.24, 2.45) is 0 Å². The predicted molar refractivity (Wildman–Crippen MR) is 64.4 cm³/mol. The summed E-state index contributed by atoms with van der Waals surface area (Å²) >= 11 is 0. The lowest BCUT2D eigenvalue weighted by Gasteiger charge is -2.02. The molecule has 94 valence electrons. The third kappa shape index (κ3) is 1.90. The topological polar surface area (TPSA) is 51.0 Å². The van der Waals surface area contributed by atoms with E-state index in [1.165, 1.54) is 0 Å². The van der Waals surface area contributed by atoms with Crippen molar-refractivity contribution in [2.75, 3.05) is 6.54 Å². The van der Waals surface area contributed by atoms with Gasteiger partial charge in [0, 0.05) is 0 Å². The molecule has 5 heteroatoms. The zero-order valence-corrected chi connectivity index (χ0v) is 10.1. The van der Waals surface area contributed by atoms with E-state index >= 15 is 0 Å². The second kappa shape index (κ2) is 4.49. The Hall–Kier alpha value is -1.75. The molecule has 2 aromatic rings. The molecule has 1 atom stereocenters. The van der Waals surface area contributed by atoms with Crippen molar-refractivity contribution >= 4 is 0 Å². The second-order valence-corrected chi connectivity index (χ2v) is 4.54. The maximum atomic E-state index is 13.9. The number of nitrogens with one attached hydrogen (secondary N) is 1. The van der Waals surface area contributed by atoms with E-state index in [0.717, 1.165) is 19.4 Å². The Morgan fingerprint density at radius 3 is 3.11 bits per heavy atom. The van der Waals surface area contributed by atoms with Crippen LogP contribution >= 0.6 is 0 Å². The van der Waals surface area contributed by atoms with Crippen LogP contribution in [-0.4, -0.2) is 16.7 Å². The first-order valence-corrected chi connectivity index (χ1v) is 6.08. The van der Waals surface area contributed by atoms with E-state index in [-0.39, 0.29) is 17.7 Å². The van der Waals surface area contributed by atoms with E-state index in [4.69, 9.17) is 4.52 Å². The smallest absolute Gasteiger partial charge is 0.260 e. The molecular weight excluding hydrogens is 233 g/mol. The van der Waals surface area contributed by atoms with Gasteiger partial charge in [0.1, 0.15) is 5.82 Å². The Balaban J connectivity index is 1.95. The molecule has 1 fully saturated rings. The molecule has 1 aromatic carbocycles. The van der Waals surface area contributed by atoms with Crippen LogP contribution in [0.5, 0.6) is 0 Å². The summed E-state index contributed by atoms with van der Waals surface area (Å²) in [7, 11) is 0.